The van der Waals surface area contributed by atoms with Crippen LogP contribution in [0.3, 0.4) is 0 Å². The van der Waals surface area contributed by atoms with E-state index in [2.05, 4.69) is 79.5 Å². The molecule has 0 bridgehead atoms. The van der Waals surface area contributed by atoms with Gasteiger partial charge in [0.1, 0.15) is 5.82 Å². The van der Waals surface area contributed by atoms with Crippen LogP contribution in [0.2, 0.25) is 0 Å². The van der Waals surface area contributed by atoms with Gasteiger partial charge < -0.3 is 10.2 Å². The topological polar surface area (TPSA) is 41.1 Å². The second-order valence-corrected chi connectivity index (χ2v) is 8.59. The molecular weight excluding hydrogens is 344 g/mol. The van der Waals surface area contributed by atoms with Gasteiger partial charge in [0.15, 0.2) is 0 Å². The molecule has 0 unspecified atom stereocenters. The summed E-state index contributed by atoms with van der Waals surface area (Å²) in [5.41, 5.74) is 6.29. The molecule has 1 aliphatic rings. The van der Waals surface area contributed by atoms with E-state index in [0.29, 0.717) is 0 Å². The van der Waals surface area contributed by atoms with E-state index in [9.17, 15) is 0 Å². The summed E-state index contributed by atoms with van der Waals surface area (Å²) in [6.45, 7) is 10.5. The second-order valence-electron chi connectivity index (χ2n) is 8.59. The maximum absolute atomic E-state index is 4.80. The molecule has 0 aliphatic carbocycles. The van der Waals surface area contributed by atoms with Crippen LogP contribution in [-0.4, -0.2) is 16.5 Å². The lowest BCUT2D eigenvalue weighted by molar-refractivity contribution is 0.590. The molecule has 0 saturated carbocycles. The molecule has 2 heterocycles. The lowest BCUT2D eigenvalue weighted by Gasteiger charge is -2.29. The van der Waals surface area contributed by atoms with Crippen molar-refractivity contribution in [3.63, 3.8) is 0 Å². The van der Waals surface area contributed by atoms with Crippen LogP contribution in [0.1, 0.15) is 43.2 Å². The van der Waals surface area contributed by atoms with E-state index in [1.165, 1.54) is 16.7 Å². The number of benzene rings is 2. The summed E-state index contributed by atoms with van der Waals surface area (Å²) in [4.78, 5) is 11.8. The first-order valence-electron chi connectivity index (χ1n) is 9.93. The fraction of sp³-hybridized carbons (Fsp3) is 0.333. The van der Waals surface area contributed by atoms with Crippen molar-refractivity contribution in [3.8, 4) is 0 Å². The molecule has 2 aromatic carbocycles. The molecule has 1 aliphatic heterocycles. The molecule has 0 fully saturated rings. The van der Waals surface area contributed by atoms with Crippen LogP contribution in [0.5, 0.6) is 0 Å². The third-order valence-corrected chi connectivity index (χ3v) is 5.28. The Hall–Kier alpha value is -2.88. The van der Waals surface area contributed by atoms with Crippen LogP contribution in [0, 0.1) is 6.92 Å². The van der Waals surface area contributed by atoms with Crippen LogP contribution in [0.25, 0.3) is 0 Å². The van der Waals surface area contributed by atoms with Gasteiger partial charge in [0, 0.05) is 30.5 Å². The zero-order valence-electron chi connectivity index (χ0n) is 17.2. The number of anilines is 3. The van der Waals surface area contributed by atoms with Crippen molar-refractivity contribution in [3.05, 3.63) is 77.0 Å². The highest BCUT2D eigenvalue weighted by molar-refractivity contribution is 5.58. The molecule has 4 heteroatoms. The summed E-state index contributed by atoms with van der Waals surface area (Å²) in [5.74, 6) is 1.63. The number of nitrogens with one attached hydrogen (secondary N) is 1. The number of aromatic nitrogens is 2. The Morgan fingerprint density at radius 2 is 1.64 bits per heavy atom. The Labute approximate surface area is 167 Å². The van der Waals surface area contributed by atoms with Crippen molar-refractivity contribution >= 4 is 17.5 Å². The van der Waals surface area contributed by atoms with Gasteiger partial charge in [0.05, 0.1) is 0 Å². The first kappa shape index (κ1) is 18.5. The first-order chi connectivity index (χ1) is 13.4. The van der Waals surface area contributed by atoms with Gasteiger partial charge in [0.25, 0.3) is 0 Å². The van der Waals surface area contributed by atoms with Crippen LogP contribution in [0.15, 0.2) is 54.6 Å². The van der Waals surface area contributed by atoms with Crippen molar-refractivity contribution < 1.29 is 0 Å². The maximum Gasteiger partial charge on any atom is 0.227 e. The molecule has 144 valence electrons. The normalized spacial score (nSPS) is 13.9. The largest absolute Gasteiger partial charge is 0.340 e. The van der Waals surface area contributed by atoms with E-state index >= 15 is 0 Å². The minimum absolute atomic E-state index is 0.155. The molecule has 3 aromatic rings. The molecule has 0 radical (unpaired) electrons. The SMILES string of the molecule is Cc1cc(Nc2ccc(C(C)(C)C)cc2)nc(N2CCc3ccccc3C2)n1. The molecule has 4 rings (SSSR count). The van der Waals surface area contributed by atoms with Crippen LogP contribution >= 0.6 is 0 Å². The van der Waals surface area contributed by atoms with Gasteiger partial charge in [-0.25, -0.2) is 4.98 Å². The number of hydrogen-bond acceptors (Lipinski definition) is 4. The minimum atomic E-state index is 0.155. The lowest BCUT2D eigenvalue weighted by Crippen LogP contribution is -2.32. The smallest absolute Gasteiger partial charge is 0.227 e. The second kappa shape index (κ2) is 7.27. The molecule has 0 atom stereocenters. The summed E-state index contributed by atoms with van der Waals surface area (Å²) in [7, 11) is 0. The standard InChI is InChI=1S/C24H28N4/c1-17-15-22(26-21-11-9-20(10-12-21)24(2,3)4)27-23(25-17)28-14-13-18-7-5-6-8-19(18)16-28/h5-12,15H,13-14,16H2,1-4H3,(H,25,26,27). The maximum atomic E-state index is 4.80. The predicted octanol–water partition coefficient (Wildman–Crippen LogP) is 5.39. The Morgan fingerprint density at radius 1 is 0.929 bits per heavy atom. The van der Waals surface area contributed by atoms with Crippen molar-refractivity contribution in [1.29, 1.82) is 0 Å². The number of fused-ring (bicyclic) bond motifs is 1. The fourth-order valence-electron chi connectivity index (χ4n) is 3.63. The van der Waals surface area contributed by atoms with Crippen molar-refractivity contribution in [2.75, 3.05) is 16.8 Å². The minimum Gasteiger partial charge on any atom is -0.340 e. The van der Waals surface area contributed by atoms with Gasteiger partial charge in [-0.2, -0.15) is 4.98 Å². The van der Waals surface area contributed by atoms with E-state index in [1.807, 2.05) is 13.0 Å². The average molecular weight is 373 g/mol. The van der Waals surface area contributed by atoms with Gasteiger partial charge >= 0.3 is 0 Å². The Morgan fingerprint density at radius 3 is 2.36 bits per heavy atom. The lowest BCUT2D eigenvalue weighted by atomic mass is 9.87. The molecule has 1 aromatic heterocycles. The predicted molar refractivity (Wildman–Crippen MR) is 116 cm³/mol. The Bertz CT molecular complexity index is 971. The monoisotopic (exact) mass is 372 g/mol. The van der Waals surface area contributed by atoms with Gasteiger partial charge in [-0.05, 0) is 47.6 Å². The van der Waals surface area contributed by atoms with Gasteiger partial charge in [-0.1, -0.05) is 57.2 Å². The first-order valence-corrected chi connectivity index (χ1v) is 9.93. The van der Waals surface area contributed by atoms with Crippen molar-refractivity contribution in [1.82, 2.24) is 9.97 Å². The van der Waals surface area contributed by atoms with Crippen LogP contribution in [-0.2, 0) is 18.4 Å². The summed E-state index contributed by atoms with van der Waals surface area (Å²) in [6, 6.07) is 19.2. The van der Waals surface area contributed by atoms with E-state index in [0.717, 1.165) is 42.7 Å². The highest BCUT2D eigenvalue weighted by Gasteiger charge is 2.19. The molecular formula is C24H28N4. The van der Waals surface area contributed by atoms with Crippen LogP contribution < -0.4 is 10.2 Å². The molecule has 0 spiro atoms. The summed E-state index contributed by atoms with van der Waals surface area (Å²) >= 11 is 0. The zero-order valence-corrected chi connectivity index (χ0v) is 17.2. The molecule has 0 amide bonds. The zero-order chi connectivity index (χ0) is 19.7. The number of hydrogen-bond donors (Lipinski definition) is 1. The van der Waals surface area contributed by atoms with Crippen molar-refractivity contribution in [2.45, 2.75) is 46.1 Å². The van der Waals surface area contributed by atoms with E-state index in [1.54, 1.807) is 0 Å². The number of aryl methyl sites for hydroxylation is 1. The van der Waals surface area contributed by atoms with Crippen LogP contribution in [0.4, 0.5) is 17.5 Å². The third kappa shape index (κ3) is 4.01. The van der Waals surface area contributed by atoms with Crippen molar-refractivity contribution in [2.24, 2.45) is 0 Å². The molecule has 4 nitrogen and oxygen atoms in total. The van der Waals surface area contributed by atoms with E-state index in [4.69, 9.17) is 9.97 Å². The molecule has 0 saturated heterocycles. The number of rotatable bonds is 3. The quantitative estimate of drug-likeness (QED) is 0.669. The summed E-state index contributed by atoms with van der Waals surface area (Å²) in [6.07, 6.45) is 1.03. The molecule has 28 heavy (non-hydrogen) atoms. The van der Waals surface area contributed by atoms with Gasteiger partial charge in [-0.3, -0.25) is 0 Å². The molecule has 1 N–H and O–H groups in total. The van der Waals surface area contributed by atoms with Gasteiger partial charge in [-0.15, -0.1) is 0 Å². The highest BCUT2D eigenvalue weighted by Crippen LogP contribution is 2.26. The van der Waals surface area contributed by atoms with E-state index < -0.39 is 0 Å². The average Bonchev–Trinajstić information content (AvgIpc) is 2.67. The van der Waals surface area contributed by atoms with E-state index in [-0.39, 0.29) is 5.41 Å². The Balaban J connectivity index is 1.55. The summed E-state index contributed by atoms with van der Waals surface area (Å²) in [5, 5.41) is 3.44. The number of nitrogens with zero attached hydrogens (tertiary/aromatic N) is 3. The fourth-order valence-corrected chi connectivity index (χ4v) is 3.63. The van der Waals surface area contributed by atoms with Gasteiger partial charge in [0.2, 0.25) is 5.95 Å². The summed E-state index contributed by atoms with van der Waals surface area (Å²) < 4.78 is 0. The Kier molecular flexibility index (Phi) is 4.80. The third-order valence-electron chi connectivity index (χ3n) is 5.28. The highest BCUT2D eigenvalue weighted by atomic mass is 15.3.